The van der Waals surface area contributed by atoms with Crippen LogP contribution in [0.2, 0.25) is 0 Å². The average molecular weight is 289 g/mol. The van der Waals surface area contributed by atoms with Gasteiger partial charge in [-0.3, -0.25) is 4.79 Å². The molecular formula is C16H23N3O2. The van der Waals surface area contributed by atoms with Crippen molar-refractivity contribution in [2.45, 2.75) is 32.9 Å². The Kier molecular flexibility index (Phi) is 5.20. The van der Waals surface area contributed by atoms with Crippen molar-refractivity contribution in [2.75, 3.05) is 13.1 Å². The summed E-state index contributed by atoms with van der Waals surface area (Å²) in [7, 11) is 0. The summed E-state index contributed by atoms with van der Waals surface area (Å²) >= 11 is 0. The highest BCUT2D eigenvalue weighted by Crippen LogP contribution is 2.14. The molecule has 1 fully saturated rings. The third-order valence-electron chi connectivity index (χ3n) is 3.44. The van der Waals surface area contributed by atoms with Gasteiger partial charge in [0.15, 0.2) is 0 Å². The van der Waals surface area contributed by atoms with E-state index in [1.54, 1.807) is 4.90 Å². The fourth-order valence-electron chi connectivity index (χ4n) is 2.36. The first-order valence-corrected chi connectivity index (χ1v) is 7.40. The van der Waals surface area contributed by atoms with E-state index in [0.29, 0.717) is 32.0 Å². The normalized spacial score (nSPS) is 18.1. The number of nitrogens with zero attached hydrogens (tertiary/aromatic N) is 1. The van der Waals surface area contributed by atoms with E-state index >= 15 is 0 Å². The van der Waals surface area contributed by atoms with Crippen molar-refractivity contribution in [2.24, 2.45) is 5.92 Å². The summed E-state index contributed by atoms with van der Waals surface area (Å²) in [5, 5.41) is 5.68. The maximum atomic E-state index is 12.0. The van der Waals surface area contributed by atoms with E-state index in [2.05, 4.69) is 10.6 Å². The maximum absolute atomic E-state index is 12.0. The minimum atomic E-state index is -0.192. The van der Waals surface area contributed by atoms with Crippen molar-refractivity contribution in [3.63, 3.8) is 0 Å². The van der Waals surface area contributed by atoms with Gasteiger partial charge in [-0.05, 0) is 11.5 Å². The second-order valence-electron chi connectivity index (χ2n) is 5.91. The highest BCUT2D eigenvalue weighted by atomic mass is 16.2. The Morgan fingerprint density at radius 3 is 2.71 bits per heavy atom. The molecule has 2 rings (SSSR count). The molecule has 1 aliphatic rings. The van der Waals surface area contributed by atoms with E-state index in [9.17, 15) is 9.59 Å². The van der Waals surface area contributed by atoms with Gasteiger partial charge in [-0.2, -0.15) is 0 Å². The largest absolute Gasteiger partial charge is 0.338 e. The van der Waals surface area contributed by atoms with Crippen LogP contribution in [0, 0.1) is 5.92 Å². The van der Waals surface area contributed by atoms with Crippen LogP contribution in [0.3, 0.4) is 0 Å². The van der Waals surface area contributed by atoms with Gasteiger partial charge in [0.2, 0.25) is 5.91 Å². The molecule has 5 heteroatoms. The Balaban J connectivity index is 1.81. The van der Waals surface area contributed by atoms with E-state index in [1.165, 1.54) is 0 Å². The molecule has 0 saturated carbocycles. The van der Waals surface area contributed by atoms with Gasteiger partial charge in [-0.25, -0.2) is 4.79 Å². The fourth-order valence-corrected chi connectivity index (χ4v) is 2.36. The summed E-state index contributed by atoms with van der Waals surface area (Å²) in [6.07, 6.45) is 0.377. The van der Waals surface area contributed by atoms with Crippen molar-refractivity contribution in [1.82, 2.24) is 15.5 Å². The standard InChI is InChI=1S/C16H23N3O2/c1-12(2)9-17-16(21)18-14-8-15(20)19(11-14)10-13-6-4-3-5-7-13/h3-7,12,14H,8-11H2,1-2H3,(H2,17,18,21). The number of carbonyl (C=O) groups excluding carboxylic acids is 2. The number of nitrogens with one attached hydrogen (secondary N) is 2. The van der Waals surface area contributed by atoms with Gasteiger partial charge in [0, 0.05) is 26.1 Å². The number of hydrogen-bond donors (Lipinski definition) is 2. The lowest BCUT2D eigenvalue weighted by Crippen LogP contribution is -2.44. The first kappa shape index (κ1) is 15.4. The molecule has 0 spiro atoms. The third kappa shape index (κ3) is 4.77. The first-order chi connectivity index (χ1) is 10.0. The number of urea groups is 1. The predicted octanol–water partition coefficient (Wildman–Crippen LogP) is 1.74. The van der Waals surface area contributed by atoms with Crippen LogP contribution < -0.4 is 10.6 Å². The zero-order valence-electron chi connectivity index (χ0n) is 12.6. The summed E-state index contributed by atoms with van der Waals surface area (Å²) < 4.78 is 0. The molecule has 0 aromatic heterocycles. The molecule has 1 aromatic carbocycles. The second kappa shape index (κ2) is 7.11. The molecule has 114 valence electrons. The van der Waals surface area contributed by atoms with Crippen LogP contribution in [0.4, 0.5) is 4.79 Å². The van der Waals surface area contributed by atoms with E-state index < -0.39 is 0 Å². The van der Waals surface area contributed by atoms with Crippen LogP contribution in [-0.4, -0.2) is 36.0 Å². The Bertz CT molecular complexity index is 488. The van der Waals surface area contributed by atoms with Crippen LogP contribution >= 0.6 is 0 Å². The van der Waals surface area contributed by atoms with Crippen LogP contribution in [0.1, 0.15) is 25.8 Å². The lowest BCUT2D eigenvalue weighted by Gasteiger charge is -2.17. The highest BCUT2D eigenvalue weighted by Gasteiger charge is 2.30. The summed E-state index contributed by atoms with van der Waals surface area (Å²) in [4.78, 5) is 25.5. The fraction of sp³-hybridized carbons (Fsp3) is 0.500. The van der Waals surface area contributed by atoms with Crippen LogP contribution in [-0.2, 0) is 11.3 Å². The van der Waals surface area contributed by atoms with Gasteiger partial charge in [-0.15, -0.1) is 0 Å². The van der Waals surface area contributed by atoms with Crippen LogP contribution in [0.5, 0.6) is 0 Å². The molecule has 0 aliphatic carbocycles. The van der Waals surface area contributed by atoms with Gasteiger partial charge < -0.3 is 15.5 Å². The zero-order chi connectivity index (χ0) is 15.2. The molecule has 1 aliphatic heterocycles. The number of benzene rings is 1. The summed E-state index contributed by atoms with van der Waals surface area (Å²) in [6.45, 7) is 5.90. The molecule has 1 aromatic rings. The van der Waals surface area contributed by atoms with Crippen LogP contribution in [0.25, 0.3) is 0 Å². The monoisotopic (exact) mass is 289 g/mol. The van der Waals surface area contributed by atoms with E-state index in [1.807, 2.05) is 44.2 Å². The van der Waals surface area contributed by atoms with Crippen molar-refractivity contribution in [3.05, 3.63) is 35.9 Å². The highest BCUT2D eigenvalue weighted by molar-refractivity contribution is 5.81. The van der Waals surface area contributed by atoms with Gasteiger partial charge in [0.05, 0.1) is 6.04 Å². The molecule has 1 saturated heterocycles. The third-order valence-corrected chi connectivity index (χ3v) is 3.44. The molecule has 21 heavy (non-hydrogen) atoms. The van der Waals surface area contributed by atoms with E-state index in [0.717, 1.165) is 5.56 Å². The SMILES string of the molecule is CC(C)CNC(=O)NC1CC(=O)N(Cc2ccccc2)C1. The molecular weight excluding hydrogens is 266 g/mol. The van der Waals surface area contributed by atoms with Gasteiger partial charge in [-0.1, -0.05) is 44.2 Å². The Labute approximate surface area is 125 Å². The molecule has 3 amide bonds. The summed E-state index contributed by atoms with van der Waals surface area (Å²) in [5.74, 6) is 0.503. The van der Waals surface area contributed by atoms with E-state index in [4.69, 9.17) is 0 Å². The van der Waals surface area contributed by atoms with Gasteiger partial charge in [0.25, 0.3) is 0 Å². The van der Waals surface area contributed by atoms with Crippen molar-refractivity contribution in [3.8, 4) is 0 Å². The van der Waals surface area contributed by atoms with E-state index in [-0.39, 0.29) is 18.0 Å². The van der Waals surface area contributed by atoms with Gasteiger partial charge >= 0.3 is 6.03 Å². The van der Waals surface area contributed by atoms with Gasteiger partial charge in [0.1, 0.15) is 0 Å². The summed E-state index contributed by atoms with van der Waals surface area (Å²) in [6, 6.07) is 9.60. The molecule has 0 bridgehead atoms. The first-order valence-electron chi connectivity index (χ1n) is 7.40. The molecule has 0 radical (unpaired) electrons. The molecule has 5 nitrogen and oxygen atoms in total. The number of amides is 3. The van der Waals surface area contributed by atoms with Crippen molar-refractivity contribution < 1.29 is 9.59 Å². The number of carbonyl (C=O) groups is 2. The Morgan fingerprint density at radius 1 is 1.33 bits per heavy atom. The Morgan fingerprint density at radius 2 is 2.05 bits per heavy atom. The molecule has 1 unspecified atom stereocenters. The summed E-state index contributed by atoms with van der Waals surface area (Å²) in [5.41, 5.74) is 1.11. The number of hydrogen-bond acceptors (Lipinski definition) is 2. The number of likely N-dealkylation sites (tertiary alicyclic amines) is 1. The second-order valence-corrected chi connectivity index (χ2v) is 5.91. The maximum Gasteiger partial charge on any atom is 0.315 e. The lowest BCUT2D eigenvalue weighted by atomic mass is 10.2. The van der Waals surface area contributed by atoms with Crippen molar-refractivity contribution >= 4 is 11.9 Å². The number of rotatable bonds is 5. The molecule has 1 atom stereocenters. The minimum Gasteiger partial charge on any atom is -0.338 e. The van der Waals surface area contributed by atoms with Crippen molar-refractivity contribution in [1.29, 1.82) is 0 Å². The minimum absolute atomic E-state index is 0.0908. The lowest BCUT2D eigenvalue weighted by molar-refractivity contribution is -0.128. The predicted molar refractivity (Wildman–Crippen MR) is 81.6 cm³/mol. The molecule has 2 N–H and O–H groups in total. The molecule has 1 heterocycles. The topological polar surface area (TPSA) is 61.4 Å². The Hall–Kier alpha value is -2.04. The smallest absolute Gasteiger partial charge is 0.315 e. The average Bonchev–Trinajstić information content (AvgIpc) is 2.77. The quantitative estimate of drug-likeness (QED) is 0.867. The van der Waals surface area contributed by atoms with Crippen LogP contribution in [0.15, 0.2) is 30.3 Å². The zero-order valence-corrected chi connectivity index (χ0v) is 12.6.